The van der Waals surface area contributed by atoms with E-state index < -0.39 is 0 Å². The maximum Gasteiger partial charge on any atom is 0.235 e. The van der Waals surface area contributed by atoms with E-state index in [2.05, 4.69) is 143 Å². The molecule has 4 nitrogen and oxygen atoms in total. The van der Waals surface area contributed by atoms with Crippen molar-refractivity contribution in [2.24, 2.45) is 0 Å². The molecule has 0 aliphatic rings. The maximum atomic E-state index is 5.31. The molecule has 0 saturated carbocycles. The van der Waals surface area contributed by atoms with Crippen LogP contribution in [0.3, 0.4) is 0 Å². The van der Waals surface area contributed by atoms with Crippen molar-refractivity contribution in [3.05, 3.63) is 146 Å². The molecule has 0 fully saturated rings. The second kappa shape index (κ2) is 8.88. The lowest BCUT2D eigenvalue weighted by Crippen LogP contribution is -2.03. The molecule has 9 aromatic rings. The Morgan fingerprint density at radius 1 is 0.476 bits per heavy atom. The maximum absolute atomic E-state index is 5.31. The Kier molecular flexibility index (Phi) is 4.87. The molecule has 196 valence electrons. The number of rotatable bonds is 3. The van der Waals surface area contributed by atoms with Crippen molar-refractivity contribution in [2.45, 2.75) is 0 Å². The number of para-hydroxylation sites is 2. The van der Waals surface area contributed by atoms with Gasteiger partial charge in [0.1, 0.15) is 0 Å². The number of fused-ring (bicyclic) bond motifs is 8. The molecular formula is C38H24N4. The van der Waals surface area contributed by atoms with Crippen molar-refractivity contribution < 1.29 is 0 Å². The number of hydrogen-bond donors (Lipinski definition) is 0. The third kappa shape index (κ3) is 3.29. The fraction of sp³-hybridized carbons (Fsp3) is 0. The normalized spacial score (nSPS) is 11.8. The van der Waals surface area contributed by atoms with Crippen molar-refractivity contribution in [1.82, 2.24) is 19.1 Å². The summed E-state index contributed by atoms with van der Waals surface area (Å²) in [5.41, 5.74) is 7.44. The SMILES string of the molecule is c1ccc(-c2nc(-n3c4ccc5ccn(-c6ccccc6)c5c4c4ccc5ccccc5c43)nc3ccccc23)cc1. The van der Waals surface area contributed by atoms with Crippen molar-refractivity contribution >= 4 is 54.4 Å². The summed E-state index contributed by atoms with van der Waals surface area (Å²) in [6.45, 7) is 0. The Bertz CT molecular complexity index is 2450. The van der Waals surface area contributed by atoms with Crippen molar-refractivity contribution in [2.75, 3.05) is 0 Å². The third-order valence-electron chi connectivity index (χ3n) is 8.34. The molecule has 42 heavy (non-hydrogen) atoms. The Balaban J connectivity index is 1.48. The van der Waals surface area contributed by atoms with Crippen molar-refractivity contribution in [3.8, 4) is 22.9 Å². The van der Waals surface area contributed by atoms with Crippen LogP contribution in [0.5, 0.6) is 0 Å². The lowest BCUT2D eigenvalue weighted by atomic mass is 10.0. The Labute approximate surface area is 241 Å². The van der Waals surface area contributed by atoms with Gasteiger partial charge in [-0.25, -0.2) is 9.97 Å². The smallest absolute Gasteiger partial charge is 0.235 e. The Morgan fingerprint density at radius 2 is 1.19 bits per heavy atom. The van der Waals surface area contributed by atoms with Crippen molar-refractivity contribution in [1.29, 1.82) is 0 Å². The van der Waals surface area contributed by atoms with E-state index in [9.17, 15) is 0 Å². The van der Waals surface area contributed by atoms with Gasteiger partial charge in [0.15, 0.2) is 0 Å². The first kappa shape index (κ1) is 23.0. The average molecular weight is 537 g/mol. The molecule has 0 atom stereocenters. The van der Waals surface area contributed by atoms with Crippen LogP contribution in [-0.2, 0) is 0 Å². The van der Waals surface area contributed by atoms with Crippen LogP contribution < -0.4 is 0 Å². The van der Waals surface area contributed by atoms with Gasteiger partial charge in [-0.1, -0.05) is 109 Å². The van der Waals surface area contributed by atoms with E-state index in [0.717, 1.165) is 38.9 Å². The second-order valence-corrected chi connectivity index (χ2v) is 10.7. The van der Waals surface area contributed by atoms with E-state index in [4.69, 9.17) is 9.97 Å². The first-order valence-corrected chi connectivity index (χ1v) is 14.2. The van der Waals surface area contributed by atoms with E-state index in [-0.39, 0.29) is 0 Å². The summed E-state index contributed by atoms with van der Waals surface area (Å²) in [5.74, 6) is 0.668. The minimum absolute atomic E-state index is 0.668. The van der Waals surface area contributed by atoms with E-state index >= 15 is 0 Å². The summed E-state index contributed by atoms with van der Waals surface area (Å²) in [4.78, 5) is 10.5. The van der Waals surface area contributed by atoms with Gasteiger partial charge in [0.05, 0.1) is 27.8 Å². The molecule has 0 aliphatic carbocycles. The van der Waals surface area contributed by atoms with Gasteiger partial charge in [-0.3, -0.25) is 4.57 Å². The van der Waals surface area contributed by atoms with Gasteiger partial charge in [-0.2, -0.15) is 0 Å². The summed E-state index contributed by atoms with van der Waals surface area (Å²) in [7, 11) is 0. The van der Waals surface area contributed by atoms with Crippen LogP contribution in [-0.4, -0.2) is 19.1 Å². The van der Waals surface area contributed by atoms with Crippen LogP contribution in [0.15, 0.2) is 146 Å². The zero-order chi connectivity index (χ0) is 27.6. The molecule has 0 unspecified atom stereocenters. The lowest BCUT2D eigenvalue weighted by molar-refractivity contribution is 1.02. The molecule has 0 spiro atoms. The largest absolute Gasteiger partial charge is 0.316 e. The quantitative estimate of drug-likeness (QED) is 0.225. The zero-order valence-corrected chi connectivity index (χ0v) is 22.6. The summed E-state index contributed by atoms with van der Waals surface area (Å²) in [6, 6.07) is 49.0. The predicted octanol–water partition coefficient (Wildman–Crippen LogP) is 9.49. The second-order valence-electron chi connectivity index (χ2n) is 10.7. The molecule has 3 heterocycles. The Morgan fingerprint density at radius 3 is 2.05 bits per heavy atom. The van der Waals surface area contributed by atoms with E-state index in [1.54, 1.807) is 0 Å². The van der Waals surface area contributed by atoms with Crippen LogP contribution in [0, 0.1) is 0 Å². The van der Waals surface area contributed by atoms with Crippen LogP contribution in [0.2, 0.25) is 0 Å². The van der Waals surface area contributed by atoms with Crippen LogP contribution in [0.1, 0.15) is 0 Å². The van der Waals surface area contributed by atoms with Gasteiger partial charge in [-0.15, -0.1) is 0 Å². The summed E-state index contributed by atoms with van der Waals surface area (Å²) in [5, 5.41) is 6.98. The molecule has 0 amide bonds. The molecular weight excluding hydrogens is 512 g/mol. The standard InChI is InChI=1S/C38H24N4/c1-3-12-26(13-4-1)35-30-17-9-10-18-32(30)39-38(40-35)42-33-22-20-27-23-24-41(28-14-5-2-6-15-28)36(27)34(33)31-21-19-25-11-7-8-16-29(25)37(31)42/h1-24H. The monoisotopic (exact) mass is 536 g/mol. The highest BCUT2D eigenvalue weighted by Crippen LogP contribution is 2.41. The molecule has 0 aliphatic heterocycles. The minimum atomic E-state index is 0.668. The number of aromatic nitrogens is 4. The molecule has 9 rings (SSSR count). The van der Waals surface area contributed by atoms with E-state index in [1.807, 2.05) is 12.1 Å². The van der Waals surface area contributed by atoms with Crippen LogP contribution >= 0.6 is 0 Å². The molecule has 0 N–H and O–H groups in total. The first-order chi connectivity index (χ1) is 20.8. The molecule has 4 heteroatoms. The molecule has 3 aromatic heterocycles. The average Bonchev–Trinajstić information content (AvgIpc) is 3.64. The molecule has 0 saturated heterocycles. The van der Waals surface area contributed by atoms with Crippen molar-refractivity contribution in [3.63, 3.8) is 0 Å². The highest BCUT2D eigenvalue weighted by molar-refractivity contribution is 6.25. The van der Waals surface area contributed by atoms with Gasteiger partial charge in [-0.05, 0) is 35.7 Å². The summed E-state index contributed by atoms with van der Waals surface area (Å²) in [6.07, 6.45) is 2.17. The highest BCUT2D eigenvalue weighted by Gasteiger charge is 2.21. The lowest BCUT2D eigenvalue weighted by Gasteiger charge is -2.12. The Hall–Kier alpha value is -5.74. The number of benzene rings is 6. The van der Waals surface area contributed by atoms with Gasteiger partial charge >= 0.3 is 0 Å². The summed E-state index contributed by atoms with van der Waals surface area (Å²) >= 11 is 0. The van der Waals surface area contributed by atoms with Gasteiger partial charge in [0.2, 0.25) is 5.95 Å². The predicted molar refractivity (Wildman–Crippen MR) is 174 cm³/mol. The fourth-order valence-electron chi connectivity index (χ4n) is 6.48. The summed E-state index contributed by atoms with van der Waals surface area (Å²) < 4.78 is 4.57. The number of hydrogen-bond acceptors (Lipinski definition) is 2. The van der Waals surface area contributed by atoms with Gasteiger partial charge < -0.3 is 4.57 Å². The van der Waals surface area contributed by atoms with Gasteiger partial charge in [0.25, 0.3) is 0 Å². The topological polar surface area (TPSA) is 35.6 Å². The minimum Gasteiger partial charge on any atom is -0.316 e. The zero-order valence-electron chi connectivity index (χ0n) is 22.6. The van der Waals surface area contributed by atoms with Crippen LogP contribution in [0.4, 0.5) is 0 Å². The fourth-order valence-corrected chi connectivity index (χ4v) is 6.48. The highest BCUT2D eigenvalue weighted by atomic mass is 15.2. The van der Waals surface area contributed by atoms with E-state index in [1.165, 1.54) is 32.4 Å². The molecule has 0 bridgehead atoms. The van der Waals surface area contributed by atoms with E-state index in [0.29, 0.717) is 5.95 Å². The molecule has 6 aromatic carbocycles. The molecule has 0 radical (unpaired) electrons. The van der Waals surface area contributed by atoms with Gasteiger partial charge in [0, 0.05) is 44.4 Å². The number of nitrogens with zero attached hydrogens (tertiary/aromatic N) is 4. The third-order valence-corrected chi connectivity index (χ3v) is 8.34. The first-order valence-electron chi connectivity index (χ1n) is 14.2. The van der Waals surface area contributed by atoms with Crippen LogP contribution in [0.25, 0.3) is 77.3 Å².